The molecule has 11 heteroatoms. The lowest BCUT2D eigenvalue weighted by molar-refractivity contribution is -0.139. The number of ketones is 1. The lowest BCUT2D eigenvalue weighted by atomic mass is 9.93. The Kier molecular flexibility index (Phi) is 9.63. The second-order valence-corrected chi connectivity index (χ2v) is 12.0. The molecule has 4 rings (SSSR count). The van der Waals surface area contributed by atoms with Crippen molar-refractivity contribution >= 4 is 80.1 Å². The summed E-state index contributed by atoms with van der Waals surface area (Å²) in [7, 11) is 0. The molecule has 1 N–H and O–H groups in total. The molecule has 1 amide bonds. The summed E-state index contributed by atoms with van der Waals surface area (Å²) >= 11 is 27.3. The van der Waals surface area contributed by atoms with Gasteiger partial charge in [-0.1, -0.05) is 98.8 Å². The van der Waals surface area contributed by atoms with E-state index in [2.05, 4.69) is 21.2 Å². The first-order valence-electron chi connectivity index (χ1n) is 12.0. The topological polar surface area (TPSA) is 46.2 Å². The Hall–Kier alpha value is -2.03. The van der Waals surface area contributed by atoms with E-state index in [9.17, 15) is 22.8 Å². The van der Waals surface area contributed by atoms with Gasteiger partial charge in [-0.3, -0.25) is 9.59 Å². The summed E-state index contributed by atoms with van der Waals surface area (Å²) in [5.74, 6) is -2.44. The van der Waals surface area contributed by atoms with Crippen LogP contribution in [0.15, 0.2) is 65.1 Å². The Morgan fingerprint density at radius 1 is 0.975 bits per heavy atom. The van der Waals surface area contributed by atoms with Gasteiger partial charge in [0.15, 0.2) is 5.78 Å². The van der Waals surface area contributed by atoms with Crippen LogP contribution < -0.4 is 5.32 Å². The predicted octanol–water partition coefficient (Wildman–Crippen LogP) is 10.1. The summed E-state index contributed by atoms with van der Waals surface area (Å²) in [4.78, 5) is 26.0. The van der Waals surface area contributed by atoms with Gasteiger partial charge in [-0.15, -0.1) is 0 Å². The molecule has 3 nitrogen and oxygen atoms in total. The molecule has 0 saturated heterocycles. The SMILES string of the molecule is O=C(CC1(C(=O)NCc2ccccc2Cl)CC1)c1ccc(/C=C/C(c2cc(Cl)c(Cl)c(Cl)c2)C(F)(F)F)cc1Br. The number of hydrogen-bond acceptors (Lipinski definition) is 2. The van der Waals surface area contributed by atoms with Crippen molar-refractivity contribution < 1.29 is 22.8 Å². The highest BCUT2D eigenvalue weighted by atomic mass is 79.9. The number of nitrogens with one attached hydrogen (secondary N) is 1. The minimum Gasteiger partial charge on any atom is -0.351 e. The molecule has 210 valence electrons. The number of allylic oxidation sites excluding steroid dienone is 1. The Morgan fingerprint density at radius 3 is 2.20 bits per heavy atom. The number of benzene rings is 3. The molecular weight excluding hydrogens is 673 g/mol. The maximum atomic E-state index is 13.9. The average Bonchev–Trinajstić information content (AvgIpc) is 3.66. The van der Waals surface area contributed by atoms with Gasteiger partial charge in [0.1, 0.15) is 0 Å². The Morgan fingerprint density at radius 2 is 1.62 bits per heavy atom. The van der Waals surface area contributed by atoms with E-state index in [0.717, 1.165) is 23.8 Å². The smallest absolute Gasteiger partial charge is 0.351 e. The highest BCUT2D eigenvalue weighted by molar-refractivity contribution is 9.10. The maximum Gasteiger partial charge on any atom is 0.399 e. The highest BCUT2D eigenvalue weighted by Crippen LogP contribution is 2.50. The number of carbonyl (C=O) groups excluding carboxylic acids is 2. The minimum atomic E-state index is -4.62. The second kappa shape index (κ2) is 12.5. The van der Waals surface area contributed by atoms with Crippen molar-refractivity contribution in [2.45, 2.75) is 37.9 Å². The first-order chi connectivity index (χ1) is 18.8. The summed E-state index contributed by atoms with van der Waals surface area (Å²) < 4.78 is 42.0. The van der Waals surface area contributed by atoms with E-state index >= 15 is 0 Å². The second-order valence-electron chi connectivity index (χ2n) is 9.57. The van der Waals surface area contributed by atoms with Gasteiger partial charge in [-0.25, -0.2) is 0 Å². The molecule has 1 saturated carbocycles. The standard InChI is InChI=1S/C29H21BrCl4F3NO2/c30-21-11-16(6-8-20(29(35,36)37)18-12-23(32)26(34)24(33)13-18)5-7-19(21)25(39)14-28(9-10-28)27(40)38-15-17-3-1-2-4-22(17)31/h1-8,11-13,20H,9-10,14-15H2,(H,38,40)/b8-6+. The van der Waals surface area contributed by atoms with Gasteiger partial charge in [-0.05, 0) is 59.9 Å². The van der Waals surface area contributed by atoms with Crippen LogP contribution in [-0.2, 0) is 11.3 Å². The number of Topliss-reactive ketones (excluding diaryl/α,β-unsaturated/α-hetero) is 1. The van der Waals surface area contributed by atoms with Gasteiger partial charge >= 0.3 is 6.18 Å². The monoisotopic (exact) mass is 691 g/mol. The molecule has 1 unspecified atom stereocenters. The third kappa shape index (κ3) is 7.24. The minimum absolute atomic E-state index is 0.0172. The van der Waals surface area contributed by atoms with Crippen molar-refractivity contribution in [3.8, 4) is 0 Å². The van der Waals surface area contributed by atoms with Crippen molar-refractivity contribution in [2.24, 2.45) is 5.41 Å². The first kappa shape index (κ1) is 30.9. The third-order valence-electron chi connectivity index (χ3n) is 6.72. The molecule has 0 aliphatic heterocycles. The van der Waals surface area contributed by atoms with Crippen molar-refractivity contribution in [3.05, 3.63) is 107 Å². The van der Waals surface area contributed by atoms with E-state index < -0.39 is 17.5 Å². The molecule has 3 aromatic rings. The molecule has 0 radical (unpaired) electrons. The van der Waals surface area contributed by atoms with Crippen molar-refractivity contribution in [1.82, 2.24) is 5.32 Å². The van der Waals surface area contributed by atoms with E-state index in [1.165, 1.54) is 12.1 Å². The van der Waals surface area contributed by atoms with Crippen LogP contribution in [0.1, 0.15) is 52.2 Å². The number of rotatable bonds is 9. The molecule has 0 heterocycles. The van der Waals surface area contributed by atoms with Crippen molar-refractivity contribution in [1.29, 1.82) is 0 Å². The third-order valence-corrected chi connectivity index (χ3v) is 8.95. The Bertz CT molecular complexity index is 1470. The zero-order valence-corrected chi connectivity index (χ0v) is 25.2. The molecular formula is C29H21BrCl4F3NO2. The van der Waals surface area contributed by atoms with Crippen LogP contribution in [0.5, 0.6) is 0 Å². The zero-order chi connectivity index (χ0) is 29.2. The van der Waals surface area contributed by atoms with Gasteiger partial charge in [0.05, 0.1) is 26.4 Å². The maximum absolute atomic E-state index is 13.9. The molecule has 40 heavy (non-hydrogen) atoms. The van der Waals surface area contributed by atoms with Crippen LogP contribution in [0.25, 0.3) is 6.08 Å². The fourth-order valence-corrected chi connectivity index (χ4v) is 5.71. The van der Waals surface area contributed by atoms with Crippen LogP contribution in [0.4, 0.5) is 13.2 Å². The van der Waals surface area contributed by atoms with Crippen LogP contribution in [0, 0.1) is 5.41 Å². The van der Waals surface area contributed by atoms with E-state index in [4.69, 9.17) is 46.4 Å². The number of amides is 1. The molecule has 0 spiro atoms. The number of halogens is 8. The van der Waals surface area contributed by atoms with E-state index in [1.807, 2.05) is 12.1 Å². The van der Waals surface area contributed by atoms with Gasteiger partial charge in [0.2, 0.25) is 5.91 Å². The first-order valence-corrected chi connectivity index (χ1v) is 14.3. The van der Waals surface area contributed by atoms with Crippen LogP contribution in [-0.4, -0.2) is 17.9 Å². The fraction of sp³-hybridized carbons (Fsp3) is 0.241. The summed E-state index contributed by atoms with van der Waals surface area (Å²) in [6, 6.07) is 14.1. The van der Waals surface area contributed by atoms with Crippen LogP contribution in [0.3, 0.4) is 0 Å². The highest BCUT2D eigenvalue weighted by Gasteiger charge is 2.51. The lowest BCUT2D eigenvalue weighted by Crippen LogP contribution is -2.33. The quantitative estimate of drug-likeness (QED) is 0.179. The molecule has 0 aromatic heterocycles. The molecule has 1 fully saturated rings. The van der Waals surface area contributed by atoms with Crippen LogP contribution >= 0.6 is 62.3 Å². The molecule has 3 aromatic carbocycles. The van der Waals surface area contributed by atoms with Gasteiger partial charge in [-0.2, -0.15) is 13.2 Å². The summed E-state index contributed by atoms with van der Waals surface area (Å²) in [6.45, 7) is 0.256. The van der Waals surface area contributed by atoms with Crippen LogP contribution in [0.2, 0.25) is 20.1 Å². The van der Waals surface area contributed by atoms with Crippen molar-refractivity contribution in [2.75, 3.05) is 0 Å². The molecule has 0 bridgehead atoms. The number of hydrogen-bond donors (Lipinski definition) is 1. The summed E-state index contributed by atoms with van der Waals surface area (Å²) in [5, 5.41) is 3.24. The Labute approximate surface area is 257 Å². The summed E-state index contributed by atoms with van der Waals surface area (Å²) in [6.07, 6.45) is -1.13. The predicted molar refractivity (Wildman–Crippen MR) is 157 cm³/mol. The molecule has 1 aliphatic carbocycles. The van der Waals surface area contributed by atoms with Crippen molar-refractivity contribution in [3.63, 3.8) is 0 Å². The van der Waals surface area contributed by atoms with E-state index in [1.54, 1.807) is 24.3 Å². The fourth-order valence-electron chi connectivity index (χ4n) is 4.27. The Balaban J connectivity index is 1.46. The van der Waals surface area contributed by atoms with Gasteiger partial charge < -0.3 is 5.32 Å². The molecule has 1 atom stereocenters. The molecule has 1 aliphatic rings. The zero-order valence-electron chi connectivity index (χ0n) is 20.6. The number of carbonyl (C=O) groups is 2. The van der Waals surface area contributed by atoms with E-state index in [-0.39, 0.29) is 45.3 Å². The summed E-state index contributed by atoms with van der Waals surface area (Å²) in [5.41, 5.74) is 0.614. The number of alkyl halides is 3. The van der Waals surface area contributed by atoms with Gasteiger partial charge in [0.25, 0.3) is 0 Å². The van der Waals surface area contributed by atoms with E-state index in [0.29, 0.717) is 33.5 Å². The normalized spacial score (nSPS) is 15.2. The largest absolute Gasteiger partial charge is 0.399 e. The lowest BCUT2D eigenvalue weighted by Gasteiger charge is -2.18. The average molecular weight is 694 g/mol. The van der Waals surface area contributed by atoms with Gasteiger partial charge in [0, 0.05) is 28.0 Å².